The minimum absolute atomic E-state index is 0.00271. The van der Waals surface area contributed by atoms with E-state index in [-0.39, 0.29) is 29.4 Å². The van der Waals surface area contributed by atoms with Gasteiger partial charge in [0.1, 0.15) is 0 Å². The Morgan fingerprint density at radius 3 is 2.17 bits per heavy atom. The van der Waals surface area contributed by atoms with Crippen molar-refractivity contribution in [2.24, 2.45) is 0 Å². The standard InChI is InChI=1S/C16H22N2O4S/c1-3-18(4-2)16(20)13-7-5-12(6-8-13)15(19)17-14-9-10-23(21,22)11-14/h5-8,14H,3-4,9-11H2,1-2H3,(H,17,19). The summed E-state index contributed by atoms with van der Waals surface area (Å²) in [7, 11) is -3.02. The lowest BCUT2D eigenvalue weighted by atomic mass is 10.1. The zero-order valence-corrected chi connectivity index (χ0v) is 14.2. The van der Waals surface area contributed by atoms with Gasteiger partial charge in [0.15, 0.2) is 9.84 Å². The van der Waals surface area contributed by atoms with Crippen LogP contribution in [-0.2, 0) is 9.84 Å². The van der Waals surface area contributed by atoms with Crippen molar-refractivity contribution < 1.29 is 18.0 Å². The van der Waals surface area contributed by atoms with Crippen molar-refractivity contribution in [1.82, 2.24) is 10.2 Å². The van der Waals surface area contributed by atoms with Crippen LogP contribution in [0, 0.1) is 0 Å². The molecule has 1 heterocycles. The van der Waals surface area contributed by atoms with Crippen LogP contribution < -0.4 is 5.32 Å². The second-order valence-corrected chi connectivity index (χ2v) is 7.86. The SMILES string of the molecule is CCN(CC)C(=O)c1ccc(C(=O)NC2CCS(=O)(=O)C2)cc1. The van der Waals surface area contributed by atoms with E-state index in [2.05, 4.69) is 5.32 Å². The van der Waals surface area contributed by atoms with Gasteiger partial charge in [-0.05, 0) is 44.5 Å². The van der Waals surface area contributed by atoms with Gasteiger partial charge < -0.3 is 10.2 Å². The number of hydrogen-bond donors (Lipinski definition) is 1. The quantitative estimate of drug-likeness (QED) is 0.871. The van der Waals surface area contributed by atoms with Crippen molar-refractivity contribution in [2.45, 2.75) is 26.3 Å². The summed E-state index contributed by atoms with van der Waals surface area (Å²) in [6.07, 6.45) is 0.451. The summed E-state index contributed by atoms with van der Waals surface area (Å²) in [5.41, 5.74) is 0.957. The minimum atomic E-state index is -3.02. The number of carbonyl (C=O) groups is 2. The summed E-state index contributed by atoms with van der Waals surface area (Å²) in [5.74, 6) is -0.259. The zero-order chi connectivity index (χ0) is 17.0. The van der Waals surface area contributed by atoms with Crippen LogP contribution in [0.1, 0.15) is 41.0 Å². The third kappa shape index (κ3) is 4.31. The Morgan fingerprint density at radius 1 is 1.13 bits per heavy atom. The highest BCUT2D eigenvalue weighted by molar-refractivity contribution is 7.91. The Morgan fingerprint density at radius 2 is 1.70 bits per heavy atom. The molecule has 6 nitrogen and oxygen atoms in total. The van der Waals surface area contributed by atoms with E-state index in [9.17, 15) is 18.0 Å². The highest BCUT2D eigenvalue weighted by atomic mass is 32.2. The molecule has 2 rings (SSSR count). The number of hydrogen-bond acceptors (Lipinski definition) is 4. The number of sulfone groups is 1. The first-order chi connectivity index (χ1) is 10.9. The van der Waals surface area contributed by atoms with Crippen molar-refractivity contribution in [3.05, 3.63) is 35.4 Å². The summed E-state index contributed by atoms with van der Waals surface area (Å²) >= 11 is 0. The molecule has 0 saturated carbocycles. The van der Waals surface area contributed by atoms with Crippen LogP contribution >= 0.6 is 0 Å². The van der Waals surface area contributed by atoms with Crippen molar-refractivity contribution in [3.63, 3.8) is 0 Å². The van der Waals surface area contributed by atoms with E-state index >= 15 is 0 Å². The fourth-order valence-corrected chi connectivity index (χ4v) is 4.31. The Balaban J connectivity index is 2.02. The number of amides is 2. The molecular formula is C16H22N2O4S. The molecule has 1 saturated heterocycles. The fraction of sp³-hybridized carbons (Fsp3) is 0.500. The molecule has 1 aliphatic heterocycles. The summed E-state index contributed by atoms with van der Waals surface area (Å²) in [5, 5.41) is 2.73. The first-order valence-corrected chi connectivity index (χ1v) is 9.59. The third-order valence-electron chi connectivity index (χ3n) is 4.01. The molecular weight excluding hydrogens is 316 g/mol. The Kier molecular flexibility index (Phi) is 5.41. The smallest absolute Gasteiger partial charge is 0.253 e. The molecule has 0 aromatic heterocycles. The van der Waals surface area contributed by atoms with Crippen LogP contribution in [0.3, 0.4) is 0 Å². The van der Waals surface area contributed by atoms with Gasteiger partial charge in [-0.3, -0.25) is 9.59 Å². The number of benzene rings is 1. The number of carbonyl (C=O) groups excluding carboxylic acids is 2. The molecule has 1 fully saturated rings. The van der Waals surface area contributed by atoms with Crippen LogP contribution in [0.4, 0.5) is 0 Å². The van der Waals surface area contributed by atoms with E-state index in [0.29, 0.717) is 30.6 Å². The number of nitrogens with zero attached hydrogens (tertiary/aromatic N) is 1. The van der Waals surface area contributed by atoms with Crippen LogP contribution in [-0.4, -0.2) is 55.8 Å². The molecule has 1 aromatic rings. The number of rotatable bonds is 5. The van der Waals surface area contributed by atoms with E-state index < -0.39 is 9.84 Å². The molecule has 1 unspecified atom stereocenters. The molecule has 0 spiro atoms. The Bertz CT molecular complexity index is 679. The van der Waals surface area contributed by atoms with Gasteiger partial charge in [-0.15, -0.1) is 0 Å². The van der Waals surface area contributed by atoms with Gasteiger partial charge in [0, 0.05) is 30.3 Å². The van der Waals surface area contributed by atoms with E-state index in [4.69, 9.17) is 0 Å². The summed E-state index contributed by atoms with van der Waals surface area (Å²) in [6, 6.07) is 6.11. The van der Waals surface area contributed by atoms with Gasteiger partial charge in [-0.25, -0.2) is 8.42 Å². The second kappa shape index (κ2) is 7.12. The first kappa shape index (κ1) is 17.5. The molecule has 1 N–H and O–H groups in total. The van der Waals surface area contributed by atoms with Gasteiger partial charge in [-0.1, -0.05) is 0 Å². The van der Waals surface area contributed by atoms with Gasteiger partial charge in [0.25, 0.3) is 11.8 Å². The second-order valence-electron chi connectivity index (χ2n) is 5.63. The first-order valence-electron chi connectivity index (χ1n) is 7.77. The van der Waals surface area contributed by atoms with Gasteiger partial charge in [0.05, 0.1) is 11.5 Å². The average molecular weight is 338 g/mol. The lowest BCUT2D eigenvalue weighted by Crippen LogP contribution is -2.35. The minimum Gasteiger partial charge on any atom is -0.348 e. The van der Waals surface area contributed by atoms with Gasteiger partial charge in [0.2, 0.25) is 0 Å². The van der Waals surface area contributed by atoms with E-state index in [1.54, 1.807) is 29.2 Å². The largest absolute Gasteiger partial charge is 0.348 e. The predicted octanol–water partition coefficient (Wildman–Crippen LogP) is 1.09. The predicted molar refractivity (Wildman–Crippen MR) is 88.2 cm³/mol. The fourth-order valence-electron chi connectivity index (χ4n) is 2.64. The molecule has 0 bridgehead atoms. The molecule has 0 radical (unpaired) electrons. The maximum absolute atomic E-state index is 12.2. The molecule has 1 aliphatic rings. The van der Waals surface area contributed by atoms with Crippen LogP contribution in [0.5, 0.6) is 0 Å². The summed E-state index contributed by atoms with van der Waals surface area (Å²) in [4.78, 5) is 26.0. The van der Waals surface area contributed by atoms with Crippen LogP contribution in [0.2, 0.25) is 0 Å². The van der Waals surface area contributed by atoms with Crippen molar-refractivity contribution in [2.75, 3.05) is 24.6 Å². The molecule has 1 aromatic carbocycles. The lowest BCUT2D eigenvalue weighted by Gasteiger charge is -2.18. The van der Waals surface area contributed by atoms with E-state index in [1.807, 2.05) is 13.8 Å². The lowest BCUT2D eigenvalue weighted by molar-refractivity contribution is 0.0772. The Labute approximate surface area is 136 Å². The normalized spacial score (nSPS) is 19.3. The van der Waals surface area contributed by atoms with Crippen molar-refractivity contribution in [1.29, 1.82) is 0 Å². The molecule has 0 aliphatic carbocycles. The zero-order valence-electron chi connectivity index (χ0n) is 13.4. The molecule has 7 heteroatoms. The van der Waals surface area contributed by atoms with E-state index in [0.717, 1.165) is 0 Å². The molecule has 126 valence electrons. The van der Waals surface area contributed by atoms with Gasteiger partial charge >= 0.3 is 0 Å². The van der Waals surface area contributed by atoms with Crippen LogP contribution in [0.25, 0.3) is 0 Å². The Hall–Kier alpha value is -1.89. The molecule has 23 heavy (non-hydrogen) atoms. The summed E-state index contributed by atoms with van der Waals surface area (Å²) < 4.78 is 22.8. The number of nitrogens with one attached hydrogen (secondary N) is 1. The highest BCUT2D eigenvalue weighted by Gasteiger charge is 2.29. The molecule has 2 amide bonds. The average Bonchev–Trinajstić information content (AvgIpc) is 2.87. The highest BCUT2D eigenvalue weighted by Crippen LogP contribution is 2.13. The van der Waals surface area contributed by atoms with Gasteiger partial charge in [-0.2, -0.15) is 0 Å². The third-order valence-corrected chi connectivity index (χ3v) is 5.78. The van der Waals surface area contributed by atoms with E-state index in [1.165, 1.54) is 0 Å². The maximum atomic E-state index is 12.2. The summed E-state index contributed by atoms with van der Waals surface area (Å²) in [6.45, 7) is 5.10. The maximum Gasteiger partial charge on any atom is 0.253 e. The molecule has 1 atom stereocenters. The van der Waals surface area contributed by atoms with Crippen molar-refractivity contribution >= 4 is 21.7 Å². The van der Waals surface area contributed by atoms with Crippen molar-refractivity contribution in [3.8, 4) is 0 Å². The van der Waals surface area contributed by atoms with Crippen LogP contribution in [0.15, 0.2) is 24.3 Å². The topological polar surface area (TPSA) is 83.6 Å². The monoisotopic (exact) mass is 338 g/mol.